The molecule has 0 bridgehead atoms. The van der Waals surface area contributed by atoms with E-state index in [4.69, 9.17) is 5.73 Å². The lowest BCUT2D eigenvalue weighted by Gasteiger charge is -2.37. The van der Waals surface area contributed by atoms with Crippen LogP contribution < -0.4 is 5.73 Å². The summed E-state index contributed by atoms with van der Waals surface area (Å²) < 4.78 is 0. The van der Waals surface area contributed by atoms with Crippen molar-refractivity contribution in [1.29, 1.82) is 0 Å². The first-order valence-electron chi connectivity index (χ1n) is 7.26. The van der Waals surface area contributed by atoms with E-state index in [1.54, 1.807) is 0 Å². The van der Waals surface area contributed by atoms with Crippen LogP contribution in [-0.2, 0) is 11.2 Å². The monoisotopic (exact) mass is 260 g/mol. The standard InChI is InChI=1S/C16H24N2O/c1-13-5-2-6-14(11-13)12-16(19)18(10-4-9-17)15-7-3-8-15/h2,5-6,11,15H,3-4,7-10,12,17H2,1H3. The van der Waals surface area contributed by atoms with E-state index in [9.17, 15) is 4.79 Å². The number of hydrogen-bond donors (Lipinski definition) is 1. The molecule has 3 heteroatoms. The van der Waals surface area contributed by atoms with Gasteiger partial charge in [-0.3, -0.25) is 4.79 Å². The van der Waals surface area contributed by atoms with Gasteiger partial charge in [0.15, 0.2) is 0 Å². The van der Waals surface area contributed by atoms with Crippen molar-refractivity contribution in [3.8, 4) is 0 Å². The molecule has 1 amide bonds. The number of amides is 1. The molecule has 1 fully saturated rings. The highest BCUT2D eigenvalue weighted by Gasteiger charge is 2.28. The number of nitrogens with zero attached hydrogens (tertiary/aromatic N) is 1. The molecule has 1 aromatic rings. The second-order valence-corrected chi connectivity index (χ2v) is 5.48. The van der Waals surface area contributed by atoms with E-state index in [1.165, 1.54) is 12.0 Å². The van der Waals surface area contributed by atoms with Crippen molar-refractivity contribution < 1.29 is 4.79 Å². The van der Waals surface area contributed by atoms with E-state index in [-0.39, 0.29) is 5.91 Å². The SMILES string of the molecule is Cc1cccc(CC(=O)N(CCCN)C2CCC2)c1. The van der Waals surface area contributed by atoms with Crippen molar-refractivity contribution >= 4 is 5.91 Å². The fourth-order valence-electron chi connectivity index (χ4n) is 2.57. The predicted molar refractivity (Wildman–Crippen MR) is 77.9 cm³/mol. The van der Waals surface area contributed by atoms with Gasteiger partial charge in [-0.05, 0) is 44.7 Å². The highest BCUT2D eigenvalue weighted by atomic mass is 16.2. The van der Waals surface area contributed by atoms with Crippen LogP contribution >= 0.6 is 0 Å². The highest BCUT2D eigenvalue weighted by Crippen LogP contribution is 2.25. The summed E-state index contributed by atoms with van der Waals surface area (Å²) >= 11 is 0. The zero-order valence-corrected chi connectivity index (χ0v) is 11.8. The van der Waals surface area contributed by atoms with Crippen LogP contribution in [0.5, 0.6) is 0 Å². The molecule has 0 atom stereocenters. The van der Waals surface area contributed by atoms with Gasteiger partial charge in [-0.25, -0.2) is 0 Å². The minimum absolute atomic E-state index is 0.253. The molecule has 104 valence electrons. The Bertz CT molecular complexity index is 427. The first kappa shape index (κ1) is 14.1. The Morgan fingerprint density at radius 1 is 1.42 bits per heavy atom. The Kier molecular flexibility index (Phi) is 4.97. The number of hydrogen-bond acceptors (Lipinski definition) is 2. The van der Waals surface area contributed by atoms with E-state index < -0.39 is 0 Å². The Labute approximate surface area is 115 Å². The van der Waals surface area contributed by atoms with E-state index >= 15 is 0 Å². The van der Waals surface area contributed by atoms with Crippen molar-refractivity contribution in [3.63, 3.8) is 0 Å². The molecule has 0 radical (unpaired) electrons. The van der Waals surface area contributed by atoms with Crippen LogP contribution in [0.25, 0.3) is 0 Å². The van der Waals surface area contributed by atoms with Crippen LogP contribution in [0, 0.1) is 6.92 Å². The summed E-state index contributed by atoms with van der Waals surface area (Å²) in [6, 6.07) is 8.67. The van der Waals surface area contributed by atoms with Gasteiger partial charge in [0.1, 0.15) is 0 Å². The van der Waals surface area contributed by atoms with Crippen molar-refractivity contribution in [2.45, 2.75) is 45.1 Å². The second-order valence-electron chi connectivity index (χ2n) is 5.48. The molecule has 19 heavy (non-hydrogen) atoms. The van der Waals surface area contributed by atoms with Crippen molar-refractivity contribution in [2.24, 2.45) is 5.73 Å². The fraction of sp³-hybridized carbons (Fsp3) is 0.562. The zero-order valence-electron chi connectivity index (χ0n) is 11.8. The maximum atomic E-state index is 12.4. The van der Waals surface area contributed by atoms with E-state index in [0.717, 1.165) is 31.4 Å². The number of nitrogens with two attached hydrogens (primary N) is 1. The van der Waals surface area contributed by atoms with Gasteiger partial charge in [0.25, 0.3) is 0 Å². The quantitative estimate of drug-likeness (QED) is 0.853. The minimum Gasteiger partial charge on any atom is -0.339 e. The summed E-state index contributed by atoms with van der Waals surface area (Å²) in [7, 11) is 0. The number of benzene rings is 1. The van der Waals surface area contributed by atoms with Crippen molar-refractivity contribution in [3.05, 3.63) is 35.4 Å². The molecule has 0 aromatic heterocycles. The Balaban J connectivity index is 1.98. The number of carbonyl (C=O) groups is 1. The maximum Gasteiger partial charge on any atom is 0.227 e. The average Bonchev–Trinajstić information content (AvgIpc) is 2.31. The summed E-state index contributed by atoms with van der Waals surface area (Å²) in [6.45, 7) is 3.53. The van der Waals surface area contributed by atoms with Crippen molar-refractivity contribution in [1.82, 2.24) is 4.90 Å². The third-order valence-corrected chi connectivity index (χ3v) is 3.88. The molecule has 1 aromatic carbocycles. The number of rotatable bonds is 6. The molecule has 1 saturated carbocycles. The first-order valence-corrected chi connectivity index (χ1v) is 7.26. The molecule has 0 saturated heterocycles. The Hall–Kier alpha value is -1.35. The maximum absolute atomic E-state index is 12.4. The second kappa shape index (κ2) is 6.71. The molecule has 0 unspecified atom stereocenters. The molecule has 0 heterocycles. The van der Waals surface area contributed by atoms with Gasteiger partial charge in [-0.1, -0.05) is 29.8 Å². The number of aryl methyl sites for hydroxylation is 1. The summed E-state index contributed by atoms with van der Waals surface area (Å²) in [6.07, 6.45) is 4.98. The smallest absolute Gasteiger partial charge is 0.227 e. The summed E-state index contributed by atoms with van der Waals surface area (Å²) in [5, 5.41) is 0. The predicted octanol–water partition coefficient (Wildman–Crippen LogP) is 2.27. The zero-order chi connectivity index (χ0) is 13.7. The molecule has 1 aliphatic carbocycles. The van der Waals surface area contributed by atoms with Crippen LogP contribution in [0.15, 0.2) is 24.3 Å². The van der Waals surface area contributed by atoms with Gasteiger partial charge in [0, 0.05) is 12.6 Å². The molecule has 0 spiro atoms. The van der Waals surface area contributed by atoms with Crippen LogP contribution in [0.4, 0.5) is 0 Å². The lowest BCUT2D eigenvalue weighted by Crippen LogP contribution is -2.45. The Morgan fingerprint density at radius 2 is 2.21 bits per heavy atom. The van der Waals surface area contributed by atoms with Gasteiger partial charge < -0.3 is 10.6 Å². The molecular weight excluding hydrogens is 236 g/mol. The average molecular weight is 260 g/mol. The summed E-state index contributed by atoms with van der Waals surface area (Å²) in [4.78, 5) is 14.5. The normalized spacial score (nSPS) is 15.1. The molecule has 1 aliphatic rings. The lowest BCUT2D eigenvalue weighted by molar-refractivity contribution is -0.134. The molecule has 2 rings (SSSR count). The lowest BCUT2D eigenvalue weighted by atomic mass is 9.90. The summed E-state index contributed by atoms with van der Waals surface area (Å²) in [5.74, 6) is 0.253. The van der Waals surface area contributed by atoms with Crippen LogP contribution in [0.3, 0.4) is 0 Å². The van der Waals surface area contributed by atoms with Gasteiger partial charge in [0.2, 0.25) is 5.91 Å². The number of carbonyl (C=O) groups excluding carboxylic acids is 1. The van der Waals surface area contributed by atoms with E-state index in [0.29, 0.717) is 19.0 Å². The largest absolute Gasteiger partial charge is 0.339 e. The fourth-order valence-corrected chi connectivity index (χ4v) is 2.57. The van der Waals surface area contributed by atoms with Gasteiger partial charge >= 0.3 is 0 Å². The minimum atomic E-state index is 0.253. The van der Waals surface area contributed by atoms with Crippen LogP contribution in [-0.4, -0.2) is 29.9 Å². The van der Waals surface area contributed by atoms with E-state index in [1.807, 2.05) is 12.1 Å². The third kappa shape index (κ3) is 3.80. The van der Waals surface area contributed by atoms with Crippen molar-refractivity contribution in [2.75, 3.05) is 13.1 Å². The van der Waals surface area contributed by atoms with Crippen LogP contribution in [0.2, 0.25) is 0 Å². The molecule has 2 N–H and O–H groups in total. The van der Waals surface area contributed by atoms with Gasteiger partial charge in [-0.2, -0.15) is 0 Å². The Morgan fingerprint density at radius 3 is 2.79 bits per heavy atom. The van der Waals surface area contributed by atoms with Gasteiger partial charge in [-0.15, -0.1) is 0 Å². The topological polar surface area (TPSA) is 46.3 Å². The van der Waals surface area contributed by atoms with E-state index in [2.05, 4.69) is 24.0 Å². The van der Waals surface area contributed by atoms with Gasteiger partial charge in [0.05, 0.1) is 6.42 Å². The highest BCUT2D eigenvalue weighted by molar-refractivity contribution is 5.79. The van der Waals surface area contributed by atoms with Crippen LogP contribution in [0.1, 0.15) is 36.8 Å². The first-order chi connectivity index (χ1) is 9.20. The molecular formula is C16H24N2O. The summed E-state index contributed by atoms with van der Waals surface area (Å²) in [5.41, 5.74) is 7.89. The molecule has 3 nitrogen and oxygen atoms in total. The third-order valence-electron chi connectivity index (χ3n) is 3.88. The molecule has 0 aliphatic heterocycles.